The molecule has 0 saturated carbocycles. The van der Waals surface area contributed by atoms with Crippen LogP contribution in [0.5, 0.6) is 0 Å². The van der Waals surface area contributed by atoms with Gasteiger partial charge in [-0.05, 0) is 23.8 Å². The van der Waals surface area contributed by atoms with E-state index in [0.717, 1.165) is 16.3 Å². The van der Waals surface area contributed by atoms with Gasteiger partial charge in [-0.25, -0.2) is 4.98 Å². The van der Waals surface area contributed by atoms with E-state index in [1.807, 2.05) is 17.5 Å². The van der Waals surface area contributed by atoms with Crippen molar-refractivity contribution in [3.8, 4) is 9.88 Å². The van der Waals surface area contributed by atoms with Crippen molar-refractivity contribution in [3.63, 3.8) is 0 Å². The molecule has 2 aromatic rings. The Kier molecular flexibility index (Phi) is 4.71. The highest BCUT2D eigenvalue weighted by molar-refractivity contribution is 7.21. The molecule has 1 amide bonds. The van der Waals surface area contributed by atoms with Crippen LogP contribution in [0.25, 0.3) is 9.88 Å². The van der Waals surface area contributed by atoms with Gasteiger partial charge in [-0.3, -0.25) is 4.79 Å². The van der Waals surface area contributed by atoms with Crippen molar-refractivity contribution in [1.82, 2.24) is 10.3 Å². The Labute approximate surface area is 121 Å². The van der Waals surface area contributed by atoms with Gasteiger partial charge >= 0.3 is 0 Å². The molecular formula is C14H18N2OS2. The molecule has 0 fully saturated rings. The molecule has 2 heterocycles. The van der Waals surface area contributed by atoms with E-state index in [1.54, 1.807) is 17.5 Å². The van der Waals surface area contributed by atoms with E-state index in [0.29, 0.717) is 10.8 Å². The van der Waals surface area contributed by atoms with Crippen LogP contribution in [0.2, 0.25) is 0 Å². The molecule has 0 aliphatic rings. The maximum absolute atomic E-state index is 12.2. The van der Waals surface area contributed by atoms with Crippen LogP contribution in [0, 0.1) is 5.92 Å². The first-order chi connectivity index (χ1) is 9.11. The van der Waals surface area contributed by atoms with E-state index in [-0.39, 0.29) is 11.9 Å². The Morgan fingerprint density at radius 2 is 2.26 bits per heavy atom. The van der Waals surface area contributed by atoms with E-state index in [2.05, 4.69) is 31.1 Å². The van der Waals surface area contributed by atoms with Crippen molar-refractivity contribution in [2.24, 2.45) is 5.92 Å². The van der Waals surface area contributed by atoms with Gasteiger partial charge in [0.2, 0.25) is 0 Å². The average Bonchev–Trinajstić information content (AvgIpc) is 3.04. The lowest BCUT2D eigenvalue weighted by Crippen LogP contribution is -2.37. The molecule has 3 nitrogen and oxygen atoms in total. The van der Waals surface area contributed by atoms with Crippen LogP contribution in [-0.4, -0.2) is 16.9 Å². The van der Waals surface area contributed by atoms with Crippen LogP contribution in [-0.2, 0) is 0 Å². The highest BCUT2D eigenvalue weighted by Crippen LogP contribution is 2.28. The number of nitrogens with zero attached hydrogens (tertiary/aromatic N) is 1. The minimum atomic E-state index is -0.0131. The van der Waals surface area contributed by atoms with Gasteiger partial charge in [0.05, 0.1) is 11.1 Å². The van der Waals surface area contributed by atoms with Crippen molar-refractivity contribution >= 4 is 28.6 Å². The second-order valence-corrected chi connectivity index (χ2v) is 6.72. The predicted molar refractivity (Wildman–Crippen MR) is 81.8 cm³/mol. The van der Waals surface area contributed by atoms with Crippen LogP contribution in [0.4, 0.5) is 0 Å². The molecule has 2 aromatic heterocycles. The van der Waals surface area contributed by atoms with Crippen LogP contribution < -0.4 is 5.32 Å². The number of hydrogen-bond acceptors (Lipinski definition) is 4. The number of aromatic nitrogens is 1. The Morgan fingerprint density at radius 3 is 2.84 bits per heavy atom. The van der Waals surface area contributed by atoms with Crippen LogP contribution in [0.3, 0.4) is 0 Å². The normalized spacial score (nSPS) is 12.6. The van der Waals surface area contributed by atoms with Gasteiger partial charge in [-0.2, -0.15) is 0 Å². The van der Waals surface area contributed by atoms with Crippen molar-refractivity contribution in [3.05, 3.63) is 28.6 Å². The van der Waals surface area contributed by atoms with E-state index in [9.17, 15) is 4.79 Å². The predicted octanol–water partition coefficient (Wildman–Crippen LogP) is 4.04. The van der Waals surface area contributed by atoms with Gasteiger partial charge in [-0.1, -0.05) is 26.8 Å². The quantitative estimate of drug-likeness (QED) is 0.904. The lowest BCUT2D eigenvalue weighted by Gasteiger charge is -2.19. The molecule has 1 unspecified atom stereocenters. The fraction of sp³-hybridized carbons (Fsp3) is 0.429. The van der Waals surface area contributed by atoms with Gasteiger partial charge < -0.3 is 5.32 Å². The largest absolute Gasteiger partial charge is 0.348 e. The van der Waals surface area contributed by atoms with Crippen molar-refractivity contribution in [1.29, 1.82) is 0 Å². The van der Waals surface area contributed by atoms with Crippen molar-refractivity contribution in [2.45, 2.75) is 33.2 Å². The third kappa shape index (κ3) is 3.42. The van der Waals surface area contributed by atoms with E-state index >= 15 is 0 Å². The van der Waals surface area contributed by atoms with E-state index < -0.39 is 0 Å². The molecular weight excluding hydrogens is 276 g/mol. The molecule has 0 radical (unpaired) electrons. The van der Waals surface area contributed by atoms with Crippen LogP contribution >= 0.6 is 22.7 Å². The third-order valence-corrected chi connectivity index (χ3v) is 5.06. The molecule has 2 rings (SSSR count). The molecule has 102 valence electrons. The molecule has 5 heteroatoms. The lowest BCUT2D eigenvalue weighted by atomic mass is 10.0. The summed E-state index contributed by atoms with van der Waals surface area (Å²) in [5.74, 6) is 0.430. The summed E-state index contributed by atoms with van der Waals surface area (Å²) in [5, 5.41) is 6.01. The van der Waals surface area contributed by atoms with Gasteiger partial charge in [0.25, 0.3) is 5.91 Å². The summed E-state index contributed by atoms with van der Waals surface area (Å²) >= 11 is 3.09. The Bertz CT molecular complexity index is 531. The number of thiazole rings is 1. The Balaban J connectivity index is 2.08. The zero-order chi connectivity index (χ0) is 13.8. The maximum Gasteiger partial charge on any atom is 0.263 e. The number of nitrogens with one attached hydrogen (secondary N) is 1. The summed E-state index contributed by atoms with van der Waals surface area (Å²) in [6.07, 6.45) is 2.61. The highest BCUT2D eigenvalue weighted by Gasteiger charge is 2.17. The van der Waals surface area contributed by atoms with Gasteiger partial charge in [0.1, 0.15) is 9.88 Å². The molecule has 0 aromatic carbocycles. The van der Waals surface area contributed by atoms with Crippen LogP contribution in [0.15, 0.2) is 23.7 Å². The summed E-state index contributed by atoms with van der Waals surface area (Å²) in [6.45, 7) is 6.34. The van der Waals surface area contributed by atoms with Crippen LogP contribution in [0.1, 0.15) is 36.9 Å². The number of amides is 1. The summed E-state index contributed by atoms with van der Waals surface area (Å²) in [5.41, 5.74) is 0. The minimum Gasteiger partial charge on any atom is -0.348 e. The lowest BCUT2D eigenvalue weighted by molar-refractivity contribution is 0.0928. The summed E-state index contributed by atoms with van der Waals surface area (Å²) < 4.78 is 0. The molecule has 0 aliphatic heterocycles. The molecule has 0 bridgehead atoms. The summed E-state index contributed by atoms with van der Waals surface area (Å²) in [7, 11) is 0. The molecule has 1 N–H and O–H groups in total. The summed E-state index contributed by atoms with van der Waals surface area (Å²) in [6, 6.07) is 4.24. The Morgan fingerprint density at radius 1 is 1.47 bits per heavy atom. The monoisotopic (exact) mass is 294 g/mol. The number of thiophene rings is 1. The van der Waals surface area contributed by atoms with Gasteiger partial charge in [0, 0.05) is 6.04 Å². The average molecular weight is 294 g/mol. The number of carbonyl (C=O) groups excluding carboxylic acids is 1. The fourth-order valence-electron chi connectivity index (χ4n) is 1.87. The fourth-order valence-corrected chi connectivity index (χ4v) is 3.50. The molecule has 0 aliphatic carbocycles. The first kappa shape index (κ1) is 14.2. The second kappa shape index (κ2) is 6.30. The SMILES string of the molecule is CCC(NC(=O)c1cnc(-c2cccs2)s1)C(C)C. The van der Waals surface area contributed by atoms with E-state index in [4.69, 9.17) is 0 Å². The van der Waals surface area contributed by atoms with Crippen molar-refractivity contribution < 1.29 is 4.79 Å². The number of hydrogen-bond donors (Lipinski definition) is 1. The van der Waals surface area contributed by atoms with E-state index in [1.165, 1.54) is 11.3 Å². The smallest absolute Gasteiger partial charge is 0.263 e. The summed E-state index contributed by atoms with van der Waals surface area (Å²) in [4.78, 5) is 18.3. The molecule has 0 saturated heterocycles. The Hall–Kier alpha value is -1.20. The third-order valence-electron chi connectivity index (χ3n) is 3.02. The van der Waals surface area contributed by atoms with Gasteiger partial charge in [0.15, 0.2) is 0 Å². The second-order valence-electron chi connectivity index (χ2n) is 4.74. The molecule has 19 heavy (non-hydrogen) atoms. The molecule has 0 spiro atoms. The number of rotatable bonds is 5. The topological polar surface area (TPSA) is 42.0 Å². The van der Waals surface area contributed by atoms with Gasteiger partial charge in [-0.15, -0.1) is 22.7 Å². The van der Waals surface area contributed by atoms with Crippen molar-refractivity contribution in [2.75, 3.05) is 0 Å². The number of carbonyl (C=O) groups is 1. The first-order valence-electron chi connectivity index (χ1n) is 6.42. The maximum atomic E-state index is 12.2. The highest BCUT2D eigenvalue weighted by atomic mass is 32.1. The first-order valence-corrected chi connectivity index (χ1v) is 8.12. The molecule has 1 atom stereocenters. The minimum absolute atomic E-state index is 0.0131. The standard InChI is InChI=1S/C14H18N2OS2/c1-4-10(9(2)3)16-13(17)12-8-15-14(19-12)11-6-5-7-18-11/h5-10H,4H2,1-3H3,(H,16,17). The zero-order valence-corrected chi connectivity index (χ0v) is 13.0. The zero-order valence-electron chi connectivity index (χ0n) is 11.3.